The van der Waals surface area contributed by atoms with Gasteiger partial charge in [0.15, 0.2) is 12.2 Å². The SMILES string of the molecule is CC(C)OC(=O)[C@H](C)NP(=O)(OC[C@@]1(C#N)O[C@@H](c2ccc3c(N)ccnn23)[C@H](OC(=O)C(C)C)[C@@H]1OC(=O)C(C)C)Oc1ccc(C(=O)N(C)C)cc1. The summed E-state index contributed by atoms with van der Waals surface area (Å²) in [6.45, 7) is 10.1. The number of nitriles is 1. The van der Waals surface area contributed by atoms with Gasteiger partial charge in [-0.25, -0.2) is 9.08 Å². The lowest BCUT2D eigenvalue weighted by Crippen LogP contribution is -2.50. The van der Waals surface area contributed by atoms with Crippen molar-refractivity contribution < 1.29 is 51.7 Å². The molecule has 2 aromatic heterocycles. The standard InChI is InChI=1S/C36H47N6O11P/c1-20(2)33(44)50-30-29(28-15-14-27-26(38)16-17-39-42(27)28)52-36(18-37,31(30)51-34(45)21(3)4)19-48-54(47,40-23(7)35(46)49-22(5)6)53-25-12-10-24(11-13-25)32(43)41(8)9/h10-17,20-23,29-31H,19,38H2,1-9H3,(H,40,47)/t23-,29-,30-,31-,36+,54?/m0/s1. The molecule has 54 heavy (non-hydrogen) atoms. The van der Waals surface area contributed by atoms with E-state index in [1.807, 2.05) is 6.07 Å². The van der Waals surface area contributed by atoms with E-state index in [4.69, 9.17) is 33.7 Å². The molecule has 1 aliphatic rings. The second kappa shape index (κ2) is 17.0. The summed E-state index contributed by atoms with van der Waals surface area (Å²) in [5.41, 5.74) is 5.33. The van der Waals surface area contributed by atoms with Crippen molar-refractivity contribution in [2.45, 2.75) is 84.5 Å². The first-order valence-electron chi connectivity index (χ1n) is 17.3. The molecule has 1 unspecified atom stereocenters. The number of ether oxygens (including phenoxy) is 4. The molecule has 1 saturated heterocycles. The number of aromatic nitrogens is 2. The lowest BCUT2D eigenvalue weighted by Gasteiger charge is -2.31. The summed E-state index contributed by atoms with van der Waals surface area (Å²) >= 11 is 0. The predicted octanol–water partition coefficient (Wildman–Crippen LogP) is 4.22. The van der Waals surface area contributed by atoms with Crippen molar-refractivity contribution in [3.8, 4) is 11.8 Å². The van der Waals surface area contributed by atoms with E-state index < -0.39 is 80.2 Å². The molecule has 3 aromatic rings. The Hall–Kier alpha value is -5.01. The van der Waals surface area contributed by atoms with E-state index in [2.05, 4.69) is 10.2 Å². The molecular formula is C36H47N6O11P. The van der Waals surface area contributed by atoms with Gasteiger partial charge < -0.3 is 34.1 Å². The number of hydrogen-bond donors (Lipinski definition) is 2. The molecule has 1 fully saturated rings. The first-order valence-corrected chi connectivity index (χ1v) is 18.8. The van der Waals surface area contributed by atoms with E-state index >= 15 is 0 Å². The average molecular weight is 771 g/mol. The van der Waals surface area contributed by atoms with Gasteiger partial charge in [-0.1, -0.05) is 27.7 Å². The highest BCUT2D eigenvalue weighted by molar-refractivity contribution is 7.52. The quantitative estimate of drug-likeness (QED) is 0.125. The molecule has 3 N–H and O–H groups in total. The Kier molecular flexibility index (Phi) is 13.1. The zero-order chi connectivity index (χ0) is 40.1. The lowest BCUT2D eigenvalue weighted by atomic mass is 9.95. The summed E-state index contributed by atoms with van der Waals surface area (Å²) in [5, 5.41) is 17.8. The van der Waals surface area contributed by atoms with Gasteiger partial charge in [0.2, 0.25) is 5.60 Å². The van der Waals surface area contributed by atoms with Crippen LogP contribution in [0.15, 0.2) is 48.7 Å². The first-order chi connectivity index (χ1) is 25.3. The van der Waals surface area contributed by atoms with E-state index in [0.29, 0.717) is 16.8 Å². The highest BCUT2D eigenvalue weighted by Gasteiger charge is 2.62. The lowest BCUT2D eigenvalue weighted by molar-refractivity contribution is -0.173. The highest BCUT2D eigenvalue weighted by atomic mass is 31.2. The predicted molar refractivity (Wildman–Crippen MR) is 194 cm³/mol. The average Bonchev–Trinajstić information content (AvgIpc) is 3.67. The highest BCUT2D eigenvalue weighted by Crippen LogP contribution is 2.50. The minimum absolute atomic E-state index is 0.0309. The molecule has 0 radical (unpaired) electrons. The van der Waals surface area contributed by atoms with Crippen LogP contribution in [0.4, 0.5) is 5.69 Å². The van der Waals surface area contributed by atoms with Crippen molar-refractivity contribution in [1.29, 1.82) is 5.26 Å². The number of rotatable bonds is 15. The number of fused-ring (bicyclic) bond motifs is 1. The van der Waals surface area contributed by atoms with Gasteiger partial charge in [-0.3, -0.25) is 23.7 Å². The second-order valence-electron chi connectivity index (χ2n) is 13.9. The molecular weight excluding hydrogens is 723 g/mol. The van der Waals surface area contributed by atoms with Crippen LogP contribution in [0.1, 0.15) is 70.6 Å². The summed E-state index contributed by atoms with van der Waals surface area (Å²) in [4.78, 5) is 53.0. The smallest absolute Gasteiger partial charge is 0.459 e. The van der Waals surface area contributed by atoms with Crippen LogP contribution >= 0.6 is 7.75 Å². The Morgan fingerprint density at radius 2 is 1.61 bits per heavy atom. The molecule has 1 aromatic carbocycles. The van der Waals surface area contributed by atoms with Crippen molar-refractivity contribution in [3.05, 3.63) is 59.9 Å². The van der Waals surface area contributed by atoms with Gasteiger partial charge >= 0.3 is 25.7 Å². The van der Waals surface area contributed by atoms with Crippen LogP contribution in [0.5, 0.6) is 5.75 Å². The fraction of sp³-hybridized carbons (Fsp3) is 0.500. The fourth-order valence-corrected chi connectivity index (χ4v) is 6.81. The van der Waals surface area contributed by atoms with Gasteiger partial charge in [0.05, 0.1) is 34.8 Å². The van der Waals surface area contributed by atoms with E-state index in [1.165, 1.54) is 46.8 Å². The number of nitrogen functional groups attached to an aromatic ring is 1. The zero-order valence-electron chi connectivity index (χ0n) is 31.7. The van der Waals surface area contributed by atoms with Gasteiger partial charge in [0, 0.05) is 25.9 Å². The van der Waals surface area contributed by atoms with Crippen LogP contribution in [-0.2, 0) is 42.4 Å². The van der Waals surface area contributed by atoms with Crippen LogP contribution < -0.4 is 15.3 Å². The molecule has 1 amide bonds. The maximum absolute atomic E-state index is 14.6. The maximum Gasteiger partial charge on any atom is 0.459 e. The van der Waals surface area contributed by atoms with Gasteiger partial charge in [-0.2, -0.15) is 15.4 Å². The molecule has 4 rings (SSSR count). The molecule has 0 bridgehead atoms. The van der Waals surface area contributed by atoms with Crippen LogP contribution in [0, 0.1) is 23.2 Å². The number of nitrogens with two attached hydrogens (primary N) is 1. The normalized spacial score (nSPS) is 21.4. The van der Waals surface area contributed by atoms with Crippen molar-refractivity contribution in [2.75, 3.05) is 26.4 Å². The van der Waals surface area contributed by atoms with E-state index in [9.17, 15) is 29.0 Å². The van der Waals surface area contributed by atoms with Gasteiger partial charge in [-0.15, -0.1) is 0 Å². The van der Waals surface area contributed by atoms with Gasteiger partial charge in [-0.05, 0) is 63.2 Å². The minimum atomic E-state index is -4.69. The largest absolute Gasteiger partial charge is 0.462 e. The summed E-state index contributed by atoms with van der Waals surface area (Å²) in [5.74, 6) is -3.88. The number of nitrogens with one attached hydrogen (secondary N) is 1. The van der Waals surface area contributed by atoms with Crippen molar-refractivity contribution in [3.63, 3.8) is 0 Å². The third-order valence-electron chi connectivity index (χ3n) is 8.17. The molecule has 3 heterocycles. The Bertz CT molecular complexity index is 1940. The molecule has 18 heteroatoms. The second-order valence-corrected chi connectivity index (χ2v) is 15.6. The monoisotopic (exact) mass is 770 g/mol. The third kappa shape index (κ3) is 9.37. The Labute approximate surface area is 313 Å². The summed E-state index contributed by atoms with van der Waals surface area (Å²) in [6.07, 6.45) is -3.45. The van der Waals surface area contributed by atoms with E-state index in [0.717, 1.165) is 0 Å². The van der Waals surface area contributed by atoms with Crippen LogP contribution in [0.3, 0.4) is 0 Å². The maximum atomic E-state index is 14.6. The van der Waals surface area contributed by atoms with E-state index in [1.54, 1.807) is 73.8 Å². The Morgan fingerprint density at radius 3 is 2.19 bits per heavy atom. The molecule has 0 spiro atoms. The van der Waals surface area contributed by atoms with Gasteiger partial charge in [0.1, 0.15) is 30.6 Å². The number of carbonyl (C=O) groups is 4. The summed E-state index contributed by atoms with van der Waals surface area (Å²) in [6, 6.07) is 11.2. The van der Waals surface area contributed by atoms with E-state index in [-0.39, 0.29) is 17.4 Å². The number of esters is 3. The molecule has 6 atom stereocenters. The summed E-state index contributed by atoms with van der Waals surface area (Å²) < 4.78 is 51.3. The molecule has 17 nitrogen and oxygen atoms in total. The minimum Gasteiger partial charge on any atom is -0.462 e. The molecule has 1 aliphatic heterocycles. The number of carbonyl (C=O) groups excluding carboxylic acids is 4. The zero-order valence-corrected chi connectivity index (χ0v) is 32.6. The topological polar surface area (TPSA) is 223 Å². The Balaban J connectivity index is 1.80. The first kappa shape index (κ1) is 41.7. The van der Waals surface area contributed by atoms with Crippen molar-refractivity contribution >= 4 is 42.8 Å². The molecule has 0 saturated carbocycles. The van der Waals surface area contributed by atoms with Crippen LogP contribution in [-0.4, -0.2) is 89.0 Å². The molecule has 0 aliphatic carbocycles. The van der Waals surface area contributed by atoms with Crippen LogP contribution in [0.25, 0.3) is 5.52 Å². The van der Waals surface area contributed by atoms with Crippen molar-refractivity contribution in [2.24, 2.45) is 11.8 Å². The van der Waals surface area contributed by atoms with Crippen molar-refractivity contribution in [1.82, 2.24) is 19.6 Å². The Morgan fingerprint density at radius 1 is 0.981 bits per heavy atom. The third-order valence-corrected chi connectivity index (χ3v) is 9.79. The summed E-state index contributed by atoms with van der Waals surface area (Å²) in [7, 11) is -1.52. The van der Waals surface area contributed by atoms with Crippen LogP contribution in [0.2, 0.25) is 0 Å². The number of nitrogens with zero attached hydrogens (tertiary/aromatic N) is 4. The molecule has 292 valence electrons. The number of anilines is 1. The fourth-order valence-electron chi connectivity index (χ4n) is 5.29. The number of amides is 1. The number of hydrogen-bond acceptors (Lipinski definition) is 14. The number of benzene rings is 1. The van der Waals surface area contributed by atoms with Gasteiger partial charge in [0.25, 0.3) is 5.91 Å².